The topological polar surface area (TPSA) is 76.6 Å². The molecule has 0 spiro atoms. The minimum atomic E-state index is -0.130. The summed E-state index contributed by atoms with van der Waals surface area (Å²) in [6.45, 7) is 0.679. The molecule has 1 aliphatic heterocycles. The minimum Gasteiger partial charge on any atom is -0.493 e. The molecule has 0 radical (unpaired) electrons. The summed E-state index contributed by atoms with van der Waals surface area (Å²) in [5.74, 6) is 1.64. The molecule has 0 saturated carbocycles. The van der Waals surface area contributed by atoms with Crippen molar-refractivity contribution >= 4 is 23.1 Å². The van der Waals surface area contributed by atoms with E-state index in [1.807, 2.05) is 30.3 Å². The van der Waals surface area contributed by atoms with Crippen molar-refractivity contribution in [1.82, 2.24) is 9.97 Å². The second-order valence-electron chi connectivity index (χ2n) is 6.67. The van der Waals surface area contributed by atoms with E-state index in [-0.39, 0.29) is 5.91 Å². The lowest BCUT2D eigenvalue weighted by Gasteiger charge is -2.29. The molecule has 3 aromatic rings. The SMILES string of the molecule is COc1ccc(Nc2cc(C(=O)N3CCCc4ccccc43)ncn2)cc1OC. The number of aromatic nitrogens is 2. The standard InChI is InChI=1S/C22H22N4O3/c1-28-19-10-9-16(12-20(19)29-2)25-21-13-17(23-14-24-21)22(27)26-11-5-7-15-6-3-4-8-18(15)26/h3-4,6,8-10,12-14H,5,7,11H2,1-2H3,(H,23,24,25). The molecule has 7 heteroatoms. The number of hydrogen-bond donors (Lipinski definition) is 1. The van der Waals surface area contributed by atoms with Gasteiger partial charge in [-0.05, 0) is 36.6 Å². The summed E-state index contributed by atoms with van der Waals surface area (Å²) in [5.41, 5.74) is 3.25. The highest BCUT2D eigenvalue weighted by molar-refractivity contribution is 6.05. The fraction of sp³-hybridized carbons (Fsp3) is 0.227. The van der Waals surface area contributed by atoms with Crippen molar-refractivity contribution in [3.63, 3.8) is 0 Å². The summed E-state index contributed by atoms with van der Waals surface area (Å²) in [5, 5.41) is 3.19. The van der Waals surface area contributed by atoms with Gasteiger partial charge in [0.2, 0.25) is 0 Å². The second-order valence-corrected chi connectivity index (χ2v) is 6.67. The van der Waals surface area contributed by atoms with Crippen LogP contribution in [0.2, 0.25) is 0 Å². The van der Waals surface area contributed by atoms with E-state index in [1.165, 1.54) is 11.9 Å². The van der Waals surface area contributed by atoms with Gasteiger partial charge >= 0.3 is 0 Å². The van der Waals surface area contributed by atoms with Crippen LogP contribution in [0.1, 0.15) is 22.5 Å². The molecule has 1 amide bonds. The van der Waals surface area contributed by atoms with Gasteiger partial charge < -0.3 is 19.7 Å². The molecule has 0 atom stereocenters. The highest BCUT2D eigenvalue weighted by Crippen LogP contribution is 2.31. The van der Waals surface area contributed by atoms with Crippen LogP contribution >= 0.6 is 0 Å². The van der Waals surface area contributed by atoms with Crippen LogP contribution in [0.5, 0.6) is 11.5 Å². The number of nitrogens with one attached hydrogen (secondary N) is 1. The van der Waals surface area contributed by atoms with Crippen molar-refractivity contribution in [3.05, 3.63) is 66.1 Å². The first-order valence-corrected chi connectivity index (χ1v) is 9.40. The molecule has 2 aromatic carbocycles. The lowest BCUT2D eigenvalue weighted by atomic mass is 10.0. The van der Waals surface area contributed by atoms with E-state index in [4.69, 9.17) is 9.47 Å². The van der Waals surface area contributed by atoms with E-state index >= 15 is 0 Å². The van der Waals surface area contributed by atoms with Crippen molar-refractivity contribution in [3.8, 4) is 11.5 Å². The van der Waals surface area contributed by atoms with Crippen LogP contribution in [0, 0.1) is 0 Å². The summed E-state index contributed by atoms with van der Waals surface area (Å²) < 4.78 is 10.6. The number of methoxy groups -OCH3 is 2. The van der Waals surface area contributed by atoms with Crippen molar-refractivity contribution in [2.24, 2.45) is 0 Å². The molecule has 148 valence electrons. The van der Waals surface area contributed by atoms with Crippen LogP contribution in [0.3, 0.4) is 0 Å². The molecule has 1 N–H and O–H groups in total. The number of benzene rings is 2. The van der Waals surface area contributed by atoms with Gasteiger partial charge in [-0.25, -0.2) is 9.97 Å². The Kier molecular flexibility index (Phi) is 5.29. The van der Waals surface area contributed by atoms with Crippen LogP contribution < -0.4 is 19.7 Å². The smallest absolute Gasteiger partial charge is 0.277 e. The first kappa shape index (κ1) is 18.7. The average Bonchev–Trinajstić information content (AvgIpc) is 2.78. The number of hydrogen-bond acceptors (Lipinski definition) is 6. The van der Waals surface area contributed by atoms with E-state index in [9.17, 15) is 4.79 Å². The zero-order chi connectivity index (χ0) is 20.2. The Hall–Kier alpha value is -3.61. The Labute approximate surface area is 169 Å². The zero-order valence-corrected chi connectivity index (χ0v) is 16.4. The summed E-state index contributed by atoms with van der Waals surface area (Å²) in [6, 6.07) is 15.1. The molecule has 0 aliphatic carbocycles. The second kappa shape index (κ2) is 8.18. The highest BCUT2D eigenvalue weighted by atomic mass is 16.5. The fourth-order valence-electron chi connectivity index (χ4n) is 3.49. The molecular formula is C22H22N4O3. The number of para-hydroxylation sites is 1. The third kappa shape index (κ3) is 3.85. The van der Waals surface area contributed by atoms with Gasteiger partial charge in [0.25, 0.3) is 5.91 Å². The van der Waals surface area contributed by atoms with Crippen molar-refractivity contribution in [1.29, 1.82) is 0 Å². The maximum absolute atomic E-state index is 13.1. The first-order valence-electron chi connectivity index (χ1n) is 9.40. The number of anilines is 3. The lowest BCUT2D eigenvalue weighted by molar-refractivity contribution is 0.0980. The number of amides is 1. The maximum atomic E-state index is 13.1. The van der Waals surface area contributed by atoms with Gasteiger partial charge in [-0.2, -0.15) is 0 Å². The third-order valence-corrected chi connectivity index (χ3v) is 4.90. The van der Waals surface area contributed by atoms with Gasteiger partial charge in [0, 0.05) is 30.1 Å². The summed E-state index contributed by atoms with van der Waals surface area (Å²) in [7, 11) is 3.17. The number of carbonyl (C=O) groups excluding carboxylic acids is 1. The molecule has 4 rings (SSSR count). The normalized spacial score (nSPS) is 12.8. The van der Waals surface area contributed by atoms with Gasteiger partial charge in [0.15, 0.2) is 11.5 Å². The molecular weight excluding hydrogens is 368 g/mol. The van der Waals surface area contributed by atoms with Gasteiger partial charge in [0.1, 0.15) is 17.8 Å². The van der Waals surface area contributed by atoms with Crippen LogP contribution in [-0.2, 0) is 6.42 Å². The molecule has 0 unspecified atom stereocenters. The molecule has 0 saturated heterocycles. The zero-order valence-electron chi connectivity index (χ0n) is 16.4. The Bertz CT molecular complexity index is 1040. The molecule has 0 fully saturated rings. The molecule has 1 aromatic heterocycles. The van der Waals surface area contributed by atoms with Gasteiger partial charge in [-0.15, -0.1) is 0 Å². The summed E-state index contributed by atoms with van der Waals surface area (Å²) in [6.07, 6.45) is 3.31. The summed E-state index contributed by atoms with van der Waals surface area (Å²) in [4.78, 5) is 23.4. The van der Waals surface area contributed by atoms with Crippen LogP contribution in [-0.4, -0.2) is 36.6 Å². The predicted molar refractivity (Wildman–Crippen MR) is 111 cm³/mol. The van der Waals surface area contributed by atoms with E-state index in [1.54, 1.807) is 31.3 Å². The fourth-order valence-corrected chi connectivity index (χ4v) is 3.49. The Balaban J connectivity index is 1.57. The Morgan fingerprint density at radius 3 is 2.69 bits per heavy atom. The van der Waals surface area contributed by atoms with E-state index in [2.05, 4.69) is 21.4 Å². The van der Waals surface area contributed by atoms with Crippen molar-refractivity contribution in [2.45, 2.75) is 12.8 Å². The van der Waals surface area contributed by atoms with E-state index < -0.39 is 0 Å². The maximum Gasteiger partial charge on any atom is 0.277 e. The van der Waals surface area contributed by atoms with Gasteiger partial charge in [0.05, 0.1) is 14.2 Å². The average molecular weight is 390 g/mol. The number of fused-ring (bicyclic) bond motifs is 1. The van der Waals surface area contributed by atoms with Crippen LogP contribution in [0.15, 0.2) is 54.9 Å². The number of ether oxygens (including phenoxy) is 2. The molecule has 0 bridgehead atoms. The molecule has 29 heavy (non-hydrogen) atoms. The van der Waals surface area contributed by atoms with Gasteiger partial charge in [-0.1, -0.05) is 18.2 Å². The van der Waals surface area contributed by atoms with Gasteiger partial charge in [-0.3, -0.25) is 4.79 Å². The first-order chi connectivity index (χ1) is 14.2. The third-order valence-electron chi connectivity index (χ3n) is 4.90. The lowest BCUT2D eigenvalue weighted by Crippen LogP contribution is -2.36. The predicted octanol–water partition coefficient (Wildman–Crippen LogP) is 3.83. The highest BCUT2D eigenvalue weighted by Gasteiger charge is 2.24. The molecule has 2 heterocycles. The Morgan fingerprint density at radius 1 is 1.03 bits per heavy atom. The van der Waals surface area contributed by atoms with E-state index in [0.717, 1.165) is 24.2 Å². The van der Waals surface area contributed by atoms with E-state index in [0.29, 0.717) is 29.6 Å². The largest absolute Gasteiger partial charge is 0.493 e. The molecule has 7 nitrogen and oxygen atoms in total. The monoisotopic (exact) mass is 390 g/mol. The number of nitrogens with zero attached hydrogens (tertiary/aromatic N) is 3. The van der Waals surface area contributed by atoms with Crippen molar-refractivity contribution in [2.75, 3.05) is 31.0 Å². The van der Waals surface area contributed by atoms with Crippen LogP contribution in [0.4, 0.5) is 17.2 Å². The minimum absolute atomic E-state index is 0.130. The number of rotatable bonds is 5. The number of aryl methyl sites for hydroxylation is 1. The number of carbonyl (C=O) groups is 1. The molecule has 1 aliphatic rings. The Morgan fingerprint density at radius 2 is 1.86 bits per heavy atom. The quantitative estimate of drug-likeness (QED) is 0.714. The van der Waals surface area contributed by atoms with Crippen molar-refractivity contribution < 1.29 is 14.3 Å². The van der Waals surface area contributed by atoms with Crippen LogP contribution in [0.25, 0.3) is 0 Å². The summed E-state index contributed by atoms with van der Waals surface area (Å²) >= 11 is 0.